The van der Waals surface area contributed by atoms with Gasteiger partial charge in [-0.25, -0.2) is 4.57 Å². The van der Waals surface area contributed by atoms with Crippen molar-refractivity contribution in [1.82, 2.24) is 0 Å². The van der Waals surface area contributed by atoms with Gasteiger partial charge in [0.2, 0.25) is 0 Å². The smallest absolute Gasteiger partial charge is 0.290 e. The normalized spacial score (nSPS) is 10.6. The van der Waals surface area contributed by atoms with E-state index >= 15 is 0 Å². The van der Waals surface area contributed by atoms with E-state index in [0.29, 0.717) is 0 Å². The molecular weight excluding hydrogens is 138 g/mol. The van der Waals surface area contributed by atoms with Gasteiger partial charge in [0.15, 0.2) is 0 Å². The predicted molar refractivity (Wildman–Crippen MR) is 34.4 cm³/mol. The summed E-state index contributed by atoms with van der Waals surface area (Å²) >= 11 is 0. The second-order valence-electron chi connectivity index (χ2n) is 0.995. The minimum atomic E-state index is -3.16. The van der Waals surface area contributed by atoms with E-state index in [2.05, 4.69) is 13.6 Å². The van der Waals surface area contributed by atoms with Crippen LogP contribution in [0.4, 0.5) is 0 Å². The molecule has 4 nitrogen and oxygen atoms in total. The van der Waals surface area contributed by atoms with E-state index in [-0.39, 0.29) is 18.9 Å². The zero-order valence-electron chi connectivity index (χ0n) is 6.08. The van der Waals surface area contributed by atoms with E-state index in [4.69, 9.17) is 0 Å². The van der Waals surface area contributed by atoms with Crippen molar-refractivity contribution in [2.75, 3.05) is 21.3 Å². The van der Waals surface area contributed by atoms with Gasteiger partial charge in [-0.1, -0.05) is 0 Å². The quantitative estimate of drug-likeness (QED) is 0.434. The molecule has 0 aromatic rings. The molecule has 0 heterocycles. The van der Waals surface area contributed by atoms with Crippen molar-refractivity contribution in [3.63, 3.8) is 0 Å². The Morgan fingerprint density at radius 2 is 1.22 bits per heavy atom. The first-order chi connectivity index (χ1) is 3.68. The summed E-state index contributed by atoms with van der Waals surface area (Å²) in [6.45, 7) is 0. The molecular formula is C3H9LiO4P. The van der Waals surface area contributed by atoms with E-state index in [0.717, 1.165) is 0 Å². The first-order valence-electron chi connectivity index (χ1n) is 1.96. The van der Waals surface area contributed by atoms with E-state index in [1.54, 1.807) is 0 Å². The van der Waals surface area contributed by atoms with Crippen molar-refractivity contribution < 1.29 is 18.1 Å². The Balaban J connectivity index is 0. The second-order valence-corrected chi connectivity index (χ2v) is 2.98. The third-order valence-electron chi connectivity index (χ3n) is 0.671. The summed E-state index contributed by atoms with van der Waals surface area (Å²) in [4.78, 5) is 0. The van der Waals surface area contributed by atoms with E-state index in [9.17, 15) is 4.57 Å². The number of rotatable bonds is 3. The van der Waals surface area contributed by atoms with Gasteiger partial charge >= 0.3 is 7.82 Å². The molecule has 0 N–H and O–H groups in total. The Morgan fingerprint density at radius 1 is 1.00 bits per heavy atom. The monoisotopic (exact) mass is 147 g/mol. The second kappa shape index (κ2) is 5.49. The molecule has 0 bridgehead atoms. The number of phosphoric ester groups is 1. The molecule has 0 amide bonds. The van der Waals surface area contributed by atoms with Crippen LogP contribution in [0.1, 0.15) is 0 Å². The molecule has 0 aliphatic heterocycles. The van der Waals surface area contributed by atoms with Crippen molar-refractivity contribution >= 4 is 26.7 Å². The van der Waals surface area contributed by atoms with Crippen LogP contribution in [0.25, 0.3) is 0 Å². The standard InChI is InChI=1S/C3H9O4P.Li/c1-5-8(4,6-2)7-3;/h1-3H3;. The number of phosphoric acid groups is 1. The molecule has 0 spiro atoms. The molecule has 51 valence electrons. The molecule has 0 fully saturated rings. The summed E-state index contributed by atoms with van der Waals surface area (Å²) < 4.78 is 23.7. The Labute approximate surface area is 66.7 Å². The molecule has 0 saturated carbocycles. The predicted octanol–water partition coefficient (Wildman–Crippen LogP) is 0.653. The molecule has 1 radical (unpaired) electrons. The maximum atomic E-state index is 10.7. The van der Waals surface area contributed by atoms with Crippen LogP contribution in [0.5, 0.6) is 0 Å². The summed E-state index contributed by atoms with van der Waals surface area (Å²) in [5.41, 5.74) is 0. The Kier molecular flexibility index (Phi) is 7.56. The van der Waals surface area contributed by atoms with Crippen LogP contribution in [0.15, 0.2) is 0 Å². The van der Waals surface area contributed by atoms with Gasteiger partial charge in [-0.05, 0) is 0 Å². The van der Waals surface area contributed by atoms with Crippen molar-refractivity contribution in [2.24, 2.45) is 0 Å². The minimum absolute atomic E-state index is 0. The molecule has 0 aromatic heterocycles. The van der Waals surface area contributed by atoms with Crippen molar-refractivity contribution in [2.45, 2.75) is 0 Å². The molecule has 0 atom stereocenters. The fraction of sp³-hybridized carbons (Fsp3) is 1.00. The number of hydrogen-bond acceptors (Lipinski definition) is 4. The van der Waals surface area contributed by atoms with Gasteiger partial charge in [-0.3, -0.25) is 13.6 Å². The molecule has 0 rings (SSSR count). The van der Waals surface area contributed by atoms with E-state index < -0.39 is 7.82 Å². The molecule has 0 aliphatic rings. The van der Waals surface area contributed by atoms with Gasteiger partial charge < -0.3 is 0 Å². The van der Waals surface area contributed by atoms with Crippen LogP contribution >= 0.6 is 7.82 Å². The summed E-state index contributed by atoms with van der Waals surface area (Å²) in [5, 5.41) is 0. The molecule has 6 heteroatoms. The molecule has 0 aromatic carbocycles. The zero-order valence-corrected chi connectivity index (χ0v) is 6.97. The maximum absolute atomic E-state index is 10.7. The van der Waals surface area contributed by atoms with Crippen LogP contribution in [0, 0.1) is 0 Å². The number of hydrogen-bond donors (Lipinski definition) is 0. The molecule has 0 saturated heterocycles. The average molecular weight is 147 g/mol. The van der Waals surface area contributed by atoms with Gasteiger partial charge in [0.1, 0.15) is 0 Å². The van der Waals surface area contributed by atoms with Gasteiger partial charge in [-0.2, -0.15) is 0 Å². The Morgan fingerprint density at radius 3 is 1.22 bits per heavy atom. The molecule has 9 heavy (non-hydrogen) atoms. The first kappa shape index (κ1) is 12.4. The van der Waals surface area contributed by atoms with Crippen LogP contribution < -0.4 is 0 Å². The minimum Gasteiger partial charge on any atom is -0.290 e. The van der Waals surface area contributed by atoms with Gasteiger partial charge in [0, 0.05) is 40.2 Å². The summed E-state index contributed by atoms with van der Waals surface area (Å²) in [7, 11) is 0.611. The fourth-order valence-corrected chi connectivity index (χ4v) is 0.671. The van der Waals surface area contributed by atoms with E-state index in [1.165, 1.54) is 21.3 Å². The SMILES string of the molecule is COP(=O)(OC)OC.[Li]. The molecule has 0 unspecified atom stereocenters. The zero-order chi connectivity index (χ0) is 6.62. The van der Waals surface area contributed by atoms with Gasteiger partial charge in [-0.15, -0.1) is 0 Å². The maximum Gasteiger partial charge on any atom is 0.473 e. The summed E-state index contributed by atoms with van der Waals surface area (Å²) in [6, 6.07) is 0. The fourth-order valence-electron chi connectivity index (χ4n) is 0.224. The van der Waals surface area contributed by atoms with E-state index in [1.807, 2.05) is 0 Å². The Bertz CT molecular complexity index is 87.0. The van der Waals surface area contributed by atoms with Crippen LogP contribution in [-0.4, -0.2) is 40.2 Å². The van der Waals surface area contributed by atoms with Gasteiger partial charge in [0.05, 0.1) is 0 Å². The van der Waals surface area contributed by atoms with Gasteiger partial charge in [0.25, 0.3) is 0 Å². The van der Waals surface area contributed by atoms with Crippen molar-refractivity contribution in [3.8, 4) is 0 Å². The van der Waals surface area contributed by atoms with Crippen molar-refractivity contribution in [3.05, 3.63) is 0 Å². The summed E-state index contributed by atoms with van der Waals surface area (Å²) in [6.07, 6.45) is 0. The Hall–Kier alpha value is 0.707. The van der Waals surface area contributed by atoms with Crippen LogP contribution in [0.2, 0.25) is 0 Å². The summed E-state index contributed by atoms with van der Waals surface area (Å²) in [5.74, 6) is 0. The first-order valence-corrected chi connectivity index (χ1v) is 3.42. The third kappa shape index (κ3) is 4.16. The van der Waals surface area contributed by atoms with Crippen LogP contribution in [0.3, 0.4) is 0 Å². The van der Waals surface area contributed by atoms with Crippen LogP contribution in [-0.2, 0) is 18.1 Å². The third-order valence-corrected chi connectivity index (χ3v) is 2.01. The molecule has 0 aliphatic carbocycles. The largest absolute Gasteiger partial charge is 0.473 e. The average Bonchev–Trinajstić information content (AvgIpc) is 1.87. The topological polar surface area (TPSA) is 44.8 Å². The van der Waals surface area contributed by atoms with Crippen molar-refractivity contribution in [1.29, 1.82) is 0 Å².